The van der Waals surface area contributed by atoms with Gasteiger partial charge < -0.3 is 10.6 Å². The second-order valence-corrected chi connectivity index (χ2v) is 5.64. The van der Waals surface area contributed by atoms with E-state index in [1.807, 2.05) is 14.0 Å². The zero-order valence-corrected chi connectivity index (χ0v) is 12.5. The molecule has 100 valence electrons. The number of nitrogens with zero attached hydrogens (tertiary/aromatic N) is 1. The van der Waals surface area contributed by atoms with E-state index >= 15 is 0 Å². The zero-order chi connectivity index (χ0) is 13.6. The molecule has 0 saturated heterocycles. The summed E-state index contributed by atoms with van der Waals surface area (Å²) in [5.74, 6) is 0.344. The van der Waals surface area contributed by atoms with Crippen molar-refractivity contribution < 1.29 is 4.79 Å². The minimum Gasteiger partial charge on any atom is -0.393 e. The molecule has 4 heteroatoms. The summed E-state index contributed by atoms with van der Waals surface area (Å²) in [5.41, 5.74) is 5.65. The van der Waals surface area contributed by atoms with Gasteiger partial charge in [0.05, 0.1) is 10.9 Å². The van der Waals surface area contributed by atoms with Crippen molar-refractivity contribution in [3.63, 3.8) is 0 Å². The summed E-state index contributed by atoms with van der Waals surface area (Å²) in [6.07, 6.45) is 2.66. The largest absolute Gasteiger partial charge is 0.393 e. The quantitative estimate of drug-likeness (QED) is 0.714. The van der Waals surface area contributed by atoms with Gasteiger partial charge in [-0.05, 0) is 25.7 Å². The molecule has 0 aliphatic heterocycles. The van der Waals surface area contributed by atoms with Crippen LogP contribution in [0.2, 0.25) is 0 Å². The smallest absolute Gasteiger partial charge is 0.232 e. The normalized spacial score (nSPS) is 14.5. The monoisotopic (exact) mass is 258 g/mol. The highest BCUT2D eigenvalue weighted by atomic mass is 32.1. The van der Waals surface area contributed by atoms with Crippen molar-refractivity contribution in [1.82, 2.24) is 4.90 Å². The van der Waals surface area contributed by atoms with Gasteiger partial charge in [0.2, 0.25) is 5.91 Å². The van der Waals surface area contributed by atoms with E-state index in [9.17, 15) is 4.79 Å². The Morgan fingerprint density at radius 3 is 2.24 bits per heavy atom. The lowest BCUT2D eigenvalue weighted by Gasteiger charge is -2.29. The highest BCUT2D eigenvalue weighted by molar-refractivity contribution is 7.80. The van der Waals surface area contributed by atoms with Crippen LogP contribution in [0.1, 0.15) is 47.0 Å². The third kappa shape index (κ3) is 5.48. The van der Waals surface area contributed by atoms with E-state index in [0.29, 0.717) is 10.9 Å². The van der Waals surface area contributed by atoms with E-state index in [4.69, 9.17) is 18.0 Å². The van der Waals surface area contributed by atoms with Gasteiger partial charge in [-0.1, -0.05) is 39.4 Å². The van der Waals surface area contributed by atoms with E-state index in [2.05, 4.69) is 20.8 Å². The van der Waals surface area contributed by atoms with Gasteiger partial charge in [0.1, 0.15) is 0 Å². The predicted octanol–water partition coefficient (Wildman–Crippen LogP) is 2.58. The second-order valence-electron chi connectivity index (χ2n) is 5.17. The van der Waals surface area contributed by atoms with Crippen molar-refractivity contribution in [3.8, 4) is 0 Å². The average molecular weight is 258 g/mol. The lowest BCUT2D eigenvalue weighted by Crippen LogP contribution is -2.43. The molecule has 0 spiro atoms. The second kappa shape index (κ2) is 7.64. The first kappa shape index (κ1) is 16.4. The first-order chi connectivity index (χ1) is 7.81. The number of thiocarbonyl (C=S) groups is 1. The van der Waals surface area contributed by atoms with Gasteiger partial charge in [-0.15, -0.1) is 0 Å². The fourth-order valence-electron chi connectivity index (χ4n) is 1.98. The molecule has 0 aromatic heterocycles. The molecular formula is C13H26N2OS. The summed E-state index contributed by atoms with van der Waals surface area (Å²) >= 11 is 4.98. The predicted molar refractivity (Wildman–Crippen MR) is 76.9 cm³/mol. The Morgan fingerprint density at radius 1 is 1.35 bits per heavy atom. The lowest BCUT2D eigenvalue weighted by molar-refractivity contribution is -0.134. The first-order valence-electron chi connectivity index (χ1n) is 6.37. The van der Waals surface area contributed by atoms with Gasteiger partial charge in [-0.2, -0.15) is 0 Å². The van der Waals surface area contributed by atoms with Gasteiger partial charge in [-0.25, -0.2) is 0 Å². The Morgan fingerprint density at radius 2 is 1.88 bits per heavy atom. The van der Waals surface area contributed by atoms with E-state index < -0.39 is 0 Å². The molecule has 17 heavy (non-hydrogen) atoms. The standard InChI is InChI=1S/C13H26N2OS/c1-6-7-11(12(14)17)13(16)15(5)10(4)8-9(2)3/h9-11H,6-8H2,1-5H3,(H2,14,17). The fourth-order valence-corrected chi connectivity index (χ4v) is 2.20. The van der Waals surface area contributed by atoms with Gasteiger partial charge in [-0.3, -0.25) is 4.79 Å². The van der Waals surface area contributed by atoms with Gasteiger partial charge >= 0.3 is 0 Å². The third-order valence-corrected chi connectivity index (χ3v) is 3.32. The van der Waals surface area contributed by atoms with Gasteiger partial charge in [0.25, 0.3) is 0 Å². The van der Waals surface area contributed by atoms with Crippen LogP contribution < -0.4 is 5.73 Å². The minimum atomic E-state index is -0.297. The van der Waals surface area contributed by atoms with E-state index in [1.165, 1.54) is 0 Å². The van der Waals surface area contributed by atoms with E-state index in [-0.39, 0.29) is 17.9 Å². The highest BCUT2D eigenvalue weighted by Gasteiger charge is 2.26. The summed E-state index contributed by atoms with van der Waals surface area (Å²) in [6.45, 7) is 8.42. The fraction of sp³-hybridized carbons (Fsp3) is 0.846. The van der Waals surface area contributed by atoms with Crippen LogP contribution in [0.15, 0.2) is 0 Å². The maximum atomic E-state index is 12.3. The summed E-state index contributed by atoms with van der Waals surface area (Å²) in [6, 6.07) is 0.233. The summed E-state index contributed by atoms with van der Waals surface area (Å²) in [7, 11) is 1.84. The molecule has 3 nitrogen and oxygen atoms in total. The Hall–Kier alpha value is -0.640. The van der Waals surface area contributed by atoms with Crippen LogP contribution in [-0.4, -0.2) is 28.9 Å². The van der Waals surface area contributed by atoms with Crippen LogP contribution in [0.3, 0.4) is 0 Å². The molecule has 0 aromatic rings. The Balaban J connectivity index is 4.59. The number of nitrogens with two attached hydrogens (primary N) is 1. The molecule has 0 bridgehead atoms. The van der Waals surface area contributed by atoms with Crippen molar-refractivity contribution in [2.75, 3.05) is 7.05 Å². The molecule has 0 saturated carbocycles. The lowest BCUT2D eigenvalue weighted by atomic mass is 9.99. The van der Waals surface area contributed by atoms with Crippen molar-refractivity contribution in [3.05, 3.63) is 0 Å². The zero-order valence-electron chi connectivity index (χ0n) is 11.7. The maximum absolute atomic E-state index is 12.3. The Kier molecular flexibility index (Phi) is 7.35. The maximum Gasteiger partial charge on any atom is 0.232 e. The molecular weight excluding hydrogens is 232 g/mol. The number of hydrogen-bond donors (Lipinski definition) is 1. The molecule has 2 atom stereocenters. The van der Waals surface area contributed by atoms with Crippen LogP contribution in [-0.2, 0) is 4.79 Å². The van der Waals surface area contributed by atoms with Crippen LogP contribution in [0.25, 0.3) is 0 Å². The Labute approximate surface area is 111 Å². The first-order valence-corrected chi connectivity index (χ1v) is 6.78. The van der Waals surface area contributed by atoms with Crippen LogP contribution >= 0.6 is 12.2 Å². The number of carbonyl (C=O) groups excluding carboxylic acids is 1. The topological polar surface area (TPSA) is 46.3 Å². The molecule has 0 fully saturated rings. The highest BCUT2D eigenvalue weighted by Crippen LogP contribution is 2.16. The molecule has 0 aliphatic carbocycles. The third-order valence-electron chi connectivity index (χ3n) is 3.04. The summed E-state index contributed by atoms with van der Waals surface area (Å²) in [5, 5.41) is 0. The molecule has 2 N–H and O–H groups in total. The van der Waals surface area contributed by atoms with Crippen LogP contribution in [0.5, 0.6) is 0 Å². The number of hydrogen-bond acceptors (Lipinski definition) is 2. The summed E-state index contributed by atoms with van der Waals surface area (Å²) < 4.78 is 0. The SMILES string of the molecule is CCCC(C(=O)N(C)C(C)CC(C)C)C(N)=S. The number of amides is 1. The van der Waals surface area contributed by atoms with Crippen molar-refractivity contribution >= 4 is 23.1 Å². The molecule has 0 heterocycles. The Bertz CT molecular complexity index is 266. The molecule has 0 aliphatic rings. The van der Waals surface area contributed by atoms with E-state index in [1.54, 1.807) is 4.90 Å². The molecule has 2 unspecified atom stereocenters. The van der Waals surface area contributed by atoms with Crippen molar-refractivity contribution in [1.29, 1.82) is 0 Å². The van der Waals surface area contributed by atoms with E-state index in [0.717, 1.165) is 19.3 Å². The average Bonchev–Trinajstić information content (AvgIpc) is 2.22. The summed E-state index contributed by atoms with van der Waals surface area (Å²) in [4.78, 5) is 14.4. The molecule has 0 rings (SSSR count). The van der Waals surface area contributed by atoms with Crippen LogP contribution in [0, 0.1) is 11.8 Å². The number of rotatable bonds is 7. The van der Waals surface area contributed by atoms with Crippen molar-refractivity contribution in [2.24, 2.45) is 17.6 Å². The molecule has 0 radical (unpaired) electrons. The molecule has 1 amide bonds. The van der Waals surface area contributed by atoms with Crippen molar-refractivity contribution in [2.45, 2.75) is 53.0 Å². The molecule has 0 aromatic carbocycles. The minimum absolute atomic E-state index is 0.0625. The van der Waals surface area contributed by atoms with Gasteiger partial charge in [0.15, 0.2) is 0 Å². The van der Waals surface area contributed by atoms with Gasteiger partial charge in [0, 0.05) is 13.1 Å². The number of carbonyl (C=O) groups is 1. The van der Waals surface area contributed by atoms with Crippen LogP contribution in [0.4, 0.5) is 0 Å².